The lowest BCUT2D eigenvalue weighted by atomic mass is 9.69. The molecular formula is C12H23NO. The SMILES string of the molecule is CC1(C)CCC(CO)(NC2CC2)CC1. The summed E-state index contributed by atoms with van der Waals surface area (Å²) in [5, 5.41) is 13.2. The second kappa shape index (κ2) is 3.49. The van der Waals surface area contributed by atoms with Crippen LogP contribution < -0.4 is 5.32 Å². The molecule has 0 spiro atoms. The van der Waals surface area contributed by atoms with Gasteiger partial charge < -0.3 is 10.4 Å². The molecular weight excluding hydrogens is 174 g/mol. The van der Waals surface area contributed by atoms with Gasteiger partial charge in [-0.25, -0.2) is 0 Å². The number of aliphatic hydroxyl groups is 1. The molecule has 0 amide bonds. The standard InChI is InChI=1S/C12H23NO/c1-11(2)5-7-12(9-14,8-6-11)13-10-3-4-10/h10,13-14H,3-9H2,1-2H3. The van der Waals surface area contributed by atoms with Crippen molar-refractivity contribution in [3.63, 3.8) is 0 Å². The average Bonchev–Trinajstić information content (AvgIpc) is 2.93. The van der Waals surface area contributed by atoms with Crippen molar-refractivity contribution < 1.29 is 5.11 Å². The van der Waals surface area contributed by atoms with Crippen LogP contribution in [0.5, 0.6) is 0 Å². The second-order valence-electron chi connectivity index (χ2n) is 6.02. The molecule has 0 bridgehead atoms. The molecule has 14 heavy (non-hydrogen) atoms. The lowest BCUT2D eigenvalue weighted by Gasteiger charge is -2.43. The van der Waals surface area contributed by atoms with Gasteiger partial charge in [0, 0.05) is 11.6 Å². The number of rotatable bonds is 3. The van der Waals surface area contributed by atoms with E-state index in [0.29, 0.717) is 18.1 Å². The summed E-state index contributed by atoms with van der Waals surface area (Å²) in [7, 11) is 0. The predicted molar refractivity (Wildman–Crippen MR) is 58.2 cm³/mol. The lowest BCUT2D eigenvalue weighted by molar-refractivity contribution is 0.0747. The van der Waals surface area contributed by atoms with Gasteiger partial charge in [-0.3, -0.25) is 0 Å². The number of hydrogen-bond acceptors (Lipinski definition) is 2. The largest absolute Gasteiger partial charge is 0.394 e. The van der Waals surface area contributed by atoms with E-state index in [1.165, 1.54) is 25.7 Å². The van der Waals surface area contributed by atoms with Gasteiger partial charge in [0.1, 0.15) is 0 Å². The highest BCUT2D eigenvalue weighted by Crippen LogP contribution is 2.41. The van der Waals surface area contributed by atoms with Crippen molar-refractivity contribution in [2.75, 3.05) is 6.61 Å². The molecule has 0 aromatic rings. The van der Waals surface area contributed by atoms with E-state index in [1.807, 2.05) is 0 Å². The smallest absolute Gasteiger partial charge is 0.0613 e. The molecule has 2 aliphatic carbocycles. The van der Waals surface area contributed by atoms with Crippen molar-refractivity contribution in [3.05, 3.63) is 0 Å². The molecule has 0 radical (unpaired) electrons. The molecule has 0 atom stereocenters. The summed E-state index contributed by atoms with van der Waals surface area (Å²) >= 11 is 0. The Morgan fingerprint density at radius 1 is 1.14 bits per heavy atom. The van der Waals surface area contributed by atoms with Gasteiger partial charge in [0.05, 0.1) is 6.61 Å². The molecule has 0 aromatic carbocycles. The van der Waals surface area contributed by atoms with Gasteiger partial charge >= 0.3 is 0 Å². The summed E-state index contributed by atoms with van der Waals surface area (Å²) in [5.41, 5.74) is 0.556. The Kier molecular flexibility index (Phi) is 2.61. The summed E-state index contributed by atoms with van der Waals surface area (Å²) in [6.45, 7) is 5.00. The van der Waals surface area contributed by atoms with E-state index in [4.69, 9.17) is 0 Å². The Balaban J connectivity index is 1.93. The molecule has 82 valence electrons. The lowest BCUT2D eigenvalue weighted by Crippen LogP contribution is -2.52. The summed E-state index contributed by atoms with van der Waals surface area (Å²) in [4.78, 5) is 0. The highest BCUT2D eigenvalue weighted by atomic mass is 16.3. The number of aliphatic hydroxyl groups excluding tert-OH is 1. The van der Waals surface area contributed by atoms with Crippen molar-refractivity contribution in [1.29, 1.82) is 0 Å². The van der Waals surface area contributed by atoms with Crippen molar-refractivity contribution in [2.24, 2.45) is 5.41 Å². The minimum atomic E-state index is 0.0662. The zero-order chi connectivity index (χ0) is 10.2. The molecule has 0 aliphatic heterocycles. The number of nitrogens with one attached hydrogen (secondary N) is 1. The Labute approximate surface area is 87.1 Å². The summed E-state index contributed by atoms with van der Waals surface area (Å²) in [5.74, 6) is 0. The van der Waals surface area contributed by atoms with Crippen LogP contribution in [0.3, 0.4) is 0 Å². The first kappa shape index (κ1) is 10.4. The van der Waals surface area contributed by atoms with Crippen LogP contribution in [-0.4, -0.2) is 23.3 Å². The van der Waals surface area contributed by atoms with Gasteiger partial charge in [0.25, 0.3) is 0 Å². The van der Waals surface area contributed by atoms with Crippen LogP contribution in [0.25, 0.3) is 0 Å². The van der Waals surface area contributed by atoms with Gasteiger partial charge in [0.15, 0.2) is 0 Å². The average molecular weight is 197 g/mol. The Hall–Kier alpha value is -0.0800. The van der Waals surface area contributed by atoms with E-state index in [9.17, 15) is 5.11 Å². The normalized spacial score (nSPS) is 30.2. The Morgan fingerprint density at radius 2 is 1.71 bits per heavy atom. The second-order valence-corrected chi connectivity index (χ2v) is 6.02. The van der Waals surface area contributed by atoms with E-state index in [1.54, 1.807) is 0 Å². The maximum Gasteiger partial charge on any atom is 0.0613 e. The van der Waals surface area contributed by atoms with Crippen LogP contribution in [-0.2, 0) is 0 Å². The van der Waals surface area contributed by atoms with E-state index in [0.717, 1.165) is 12.8 Å². The first-order valence-electron chi connectivity index (χ1n) is 5.94. The molecule has 2 heteroatoms. The summed E-state index contributed by atoms with van der Waals surface area (Å²) in [6.07, 6.45) is 7.40. The van der Waals surface area contributed by atoms with Crippen LogP contribution in [0.15, 0.2) is 0 Å². The van der Waals surface area contributed by atoms with Crippen LogP contribution in [0.4, 0.5) is 0 Å². The van der Waals surface area contributed by atoms with Crippen LogP contribution in [0.2, 0.25) is 0 Å². The summed E-state index contributed by atoms with van der Waals surface area (Å²) < 4.78 is 0. The number of hydrogen-bond donors (Lipinski definition) is 2. The van der Waals surface area contributed by atoms with Crippen LogP contribution in [0, 0.1) is 5.41 Å². The van der Waals surface area contributed by atoms with E-state index in [-0.39, 0.29) is 5.54 Å². The molecule has 2 fully saturated rings. The zero-order valence-corrected chi connectivity index (χ0v) is 9.47. The van der Waals surface area contributed by atoms with E-state index in [2.05, 4.69) is 19.2 Å². The molecule has 2 aliphatic rings. The van der Waals surface area contributed by atoms with Gasteiger partial charge in [-0.2, -0.15) is 0 Å². The van der Waals surface area contributed by atoms with Gasteiger partial charge in [-0.05, 0) is 43.9 Å². The minimum Gasteiger partial charge on any atom is -0.394 e. The molecule has 2 N–H and O–H groups in total. The highest BCUT2D eigenvalue weighted by Gasteiger charge is 2.40. The third kappa shape index (κ3) is 2.29. The van der Waals surface area contributed by atoms with Crippen LogP contribution >= 0.6 is 0 Å². The maximum absolute atomic E-state index is 9.53. The molecule has 0 aromatic heterocycles. The fourth-order valence-electron chi connectivity index (χ4n) is 2.41. The van der Waals surface area contributed by atoms with Crippen molar-refractivity contribution >= 4 is 0 Å². The molecule has 0 saturated heterocycles. The van der Waals surface area contributed by atoms with E-state index >= 15 is 0 Å². The topological polar surface area (TPSA) is 32.3 Å². The van der Waals surface area contributed by atoms with Crippen molar-refractivity contribution in [2.45, 2.75) is 64.0 Å². The zero-order valence-electron chi connectivity index (χ0n) is 9.47. The maximum atomic E-state index is 9.53. The Bertz CT molecular complexity index is 198. The third-order valence-electron chi connectivity index (χ3n) is 3.95. The quantitative estimate of drug-likeness (QED) is 0.726. The third-order valence-corrected chi connectivity index (χ3v) is 3.95. The first-order valence-corrected chi connectivity index (χ1v) is 5.94. The summed E-state index contributed by atoms with van der Waals surface area (Å²) in [6, 6.07) is 0.711. The van der Waals surface area contributed by atoms with E-state index < -0.39 is 0 Å². The van der Waals surface area contributed by atoms with Gasteiger partial charge in [-0.15, -0.1) is 0 Å². The minimum absolute atomic E-state index is 0.0662. The van der Waals surface area contributed by atoms with Gasteiger partial charge in [0.2, 0.25) is 0 Å². The fraction of sp³-hybridized carbons (Fsp3) is 1.00. The van der Waals surface area contributed by atoms with Crippen molar-refractivity contribution in [1.82, 2.24) is 5.32 Å². The fourth-order valence-corrected chi connectivity index (χ4v) is 2.41. The monoisotopic (exact) mass is 197 g/mol. The molecule has 2 rings (SSSR count). The molecule has 2 nitrogen and oxygen atoms in total. The molecule has 0 unspecified atom stereocenters. The molecule has 2 saturated carbocycles. The molecule has 0 heterocycles. The van der Waals surface area contributed by atoms with Crippen molar-refractivity contribution in [3.8, 4) is 0 Å². The highest BCUT2D eigenvalue weighted by molar-refractivity contribution is 4.99. The van der Waals surface area contributed by atoms with Crippen LogP contribution in [0.1, 0.15) is 52.4 Å². The van der Waals surface area contributed by atoms with Gasteiger partial charge in [-0.1, -0.05) is 13.8 Å². The first-order chi connectivity index (χ1) is 6.55. The predicted octanol–water partition coefficient (Wildman–Crippen LogP) is 2.07. The Morgan fingerprint density at radius 3 is 2.14 bits per heavy atom.